The average molecular weight is 225 g/mol. The fourth-order valence-corrected chi connectivity index (χ4v) is 2.63. The van der Waals surface area contributed by atoms with Gasteiger partial charge in [-0.25, -0.2) is 0 Å². The molecule has 0 N–H and O–H groups in total. The van der Waals surface area contributed by atoms with E-state index in [1.165, 1.54) is 6.92 Å². The molecule has 2 nitrogen and oxygen atoms in total. The zero-order chi connectivity index (χ0) is 11.6. The largest absolute Gasteiger partial charge is 0.400 e. The lowest BCUT2D eigenvalue weighted by molar-refractivity contribution is -0.159. The fourth-order valence-electron chi connectivity index (χ4n) is 1.16. The molecule has 0 spiro atoms. The molecular weight excluding hydrogens is 211 g/mol. The second-order valence-corrected chi connectivity index (χ2v) is 8.78. The molecule has 0 fully saturated rings. The minimum Gasteiger partial charge on any atom is -0.400 e. The van der Waals surface area contributed by atoms with E-state index in [9.17, 15) is 13.2 Å². The molecule has 0 aliphatic heterocycles. The van der Waals surface area contributed by atoms with Gasteiger partial charge in [0, 0.05) is 0 Å². The van der Waals surface area contributed by atoms with Crippen molar-refractivity contribution in [2.24, 2.45) is 0 Å². The zero-order valence-corrected chi connectivity index (χ0v) is 9.70. The van der Waals surface area contributed by atoms with Gasteiger partial charge in [0.1, 0.15) is 5.60 Å². The van der Waals surface area contributed by atoms with Crippen molar-refractivity contribution in [3.05, 3.63) is 0 Å². The zero-order valence-electron chi connectivity index (χ0n) is 8.70. The predicted molar refractivity (Wildman–Crippen MR) is 49.1 cm³/mol. The number of halogens is 3. The standard InChI is InChI=1S/C8H14F3NOSi/c1-7(6-12,5-8(9,10)11)13-14(2,3)4/h5H2,1-4H3. The average Bonchev–Trinajstić information content (AvgIpc) is 1.78. The number of alkyl halides is 3. The summed E-state index contributed by atoms with van der Waals surface area (Å²) in [5.74, 6) is 0. The van der Waals surface area contributed by atoms with Gasteiger partial charge in [-0.05, 0) is 26.6 Å². The Kier molecular flexibility index (Phi) is 3.76. The minimum absolute atomic E-state index is 1.18. The number of nitriles is 1. The third-order valence-electron chi connectivity index (χ3n) is 1.31. The summed E-state index contributed by atoms with van der Waals surface area (Å²) in [4.78, 5) is 0. The molecule has 14 heavy (non-hydrogen) atoms. The molecule has 82 valence electrons. The molecule has 0 aromatic rings. The molecule has 0 heterocycles. The highest BCUT2D eigenvalue weighted by Crippen LogP contribution is 2.31. The van der Waals surface area contributed by atoms with Gasteiger partial charge in [0.25, 0.3) is 0 Å². The molecule has 0 aromatic heterocycles. The second-order valence-electron chi connectivity index (χ2n) is 4.35. The molecule has 6 heteroatoms. The Morgan fingerprint density at radius 2 is 1.71 bits per heavy atom. The van der Waals surface area contributed by atoms with E-state index >= 15 is 0 Å². The van der Waals surface area contributed by atoms with Crippen molar-refractivity contribution in [2.45, 2.75) is 44.8 Å². The molecule has 0 aromatic carbocycles. The van der Waals surface area contributed by atoms with Crippen molar-refractivity contribution in [3.63, 3.8) is 0 Å². The highest BCUT2D eigenvalue weighted by atomic mass is 28.4. The number of hydrogen-bond donors (Lipinski definition) is 0. The van der Waals surface area contributed by atoms with Crippen LogP contribution in [0.25, 0.3) is 0 Å². The maximum Gasteiger partial charge on any atom is 0.392 e. The topological polar surface area (TPSA) is 33.0 Å². The van der Waals surface area contributed by atoms with E-state index in [1.807, 2.05) is 0 Å². The highest BCUT2D eigenvalue weighted by Gasteiger charge is 2.42. The first kappa shape index (κ1) is 13.5. The van der Waals surface area contributed by atoms with Crippen LogP contribution in [0.4, 0.5) is 13.2 Å². The molecule has 0 saturated carbocycles. The monoisotopic (exact) mass is 225 g/mol. The molecule has 0 aliphatic carbocycles. The van der Waals surface area contributed by atoms with Crippen molar-refractivity contribution in [1.29, 1.82) is 5.26 Å². The molecule has 1 atom stereocenters. The Morgan fingerprint density at radius 3 is 1.93 bits per heavy atom. The summed E-state index contributed by atoms with van der Waals surface area (Å²) in [7, 11) is -2.14. The molecule has 0 saturated heterocycles. The van der Waals surface area contributed by atoms with Crippen LogP contribution < -0.4 is 0 Å². The van der Waals surface area contributed by atoms with Crippen molar-refractivity contribution >= 4 is 8.32 Å². The van der Waals surface area contributed by atoms with Crippen molar-refractivity contribution < 1.29 is 17.6 Å². The van der Waals surface area contributed by atoms with E-state index in [0.717, 1.165) is 0 Å². The highest BCUT2D eigenvalue weighted by molar-refractivity contribution is 6.69. The summed E-state index contributed by atoms with van der Waals surface area (Å²) in [6.45, 7) is 6.43. The predicted octanol–water partition coefficient (Wildman–Crippen LogP) is 3.07. The van der Waals surface area contributed by atoms with Crippen LogP contribution in [-0.2, 0) is 4.43 Å². The van der Waals surface area contributed by atoms with Gasteiger partial charge >= 0.3 is 6.18 Å². The van der Waals surface area contributed by atoms with Gasteiger partial charge in [-0.15, -0.1) is 0 Å². The summed E-state index contributed by atoms with van der Waals surface area (Å²) in [5, 5.41) is 8.66. The van der Waals surface area contributed by atoms with Crippen molar-refractivity contribution in [1.82, 2.24) is 0 Å². The van der Waals surface area contributed by atoms with Gasteiger partial charge in [-0.1, -0.05) is 0 Å². The SMILES string of the molecule is CC(C#N)(CC(F)(F)F)O[Si](C)(C)C. The van der Waals surface area contributed by atoms with E-state index in [-0.39, 0.29) is 0 Å². The Labute approximate surface area is 82.8 Å². The first-order chi connectivity index (χ1) is 5.97. The molecule has 0 radical (unpaired) electrons. The quantitative estimate of drug-likeness (QED) is 0.691. The smallest absolute Gasteiger partial charge is 0.392 e. The second kappa shape index (κ2) is 3.91. The summed E-state index contributed by atoms with van der Waals surface area (Å²) < 4.78 is 41.5. The molecule has 0 bridgehead atoms. The van der Waals surface area contributed by atoms with Crippen LogP contribution in [0.15, 0.2) is 0 Å². The van der Waals surface area contributed by atoms with Crippen LogP contribution in [0.2, 0.25) is 19.6 Å². The minimum atomic E-state index is -4.37. The maximum absolute atomic E-state index is 12.1. The van der Waals surface area contributed by atoms with Crippen LogP contribution in [0.1, 0.15) is 13.3 Å². The summed E-state index contributed by atoms with van der Waals surface area (Å²) in [6.07, 6.45) is -5.59. The Morgan fingerprint density at radius 1 is 1.29 bits per heavy atom. The maximum atomic E-state index is 12.1. The number of rotatable bonds is 3. The lowest BCUT2D eigenvalue weighted by atomic mass is 10.1. The van der Waals surface area contributed by atoms with Crippen LogP contribution in [0, 0.1) is 11.3 Å². The summed E-state index contributed by atoms with van der Waals surface area (Å²) in [6, 6.07) is 1.58. The van der Waals surface area contributed by atoms with E-state index in [0.29, 0.717) is 0 Å². The van der Waals surface area contributed by atoms with E-state index < -0.39 is 26.5 Å². The Balaban J connectivity index is 4.60. The van der Waals surface area contributed by atoms with Crippen LogP contribution in [0.5, 0.6) is 0 Å². The van der Waals surface area contributed by atoms with Crippen LogP contribution in [0.3, 0.4) is 0 Å². The van der Waals surface area contributed by atoms with Gasteiger partial charge in [0.05, 0.1) is 12.5 Å². The van der Waals surface area contributed by atoms with E-state index in [2.05, 4.69) is 0 Å². The van der Waals surface area contributed by atoms with E-state index in [1.54, 1.807) is 25.7 Å². The van der Waals surface area contributed by atoms with Crippen LogP contribution >= 0.6 is 0 Å². The molecule has 0 aliphatic rings. The number of hydrogen-bond acceptors (Lipinski definition) is 2. The number of nitrogens with zero attached hydrogens (tertiary/aromatic N) is 1. The van der Waals surface area contributed by atoms with Gasteiger partial charge < -0.3 is 4.43 Å². The first-order valence-electron chi connectivity index (χ1n) is 4.16. The summed E-state index contributed by atoms with van der Waals surface area (Å²) in [5.41, 5.74) is -1.75. The van der Waals surface area contributed by atoms with Gasteiger partial charge in [0.15, 0.2) is 8.32 Å². The molecule has 0 rings (SSSR count). The van der Waals surface area contributed by atoms with Crippen molar-refractivity contribution in [2.75, 3.05) is 0 Å². The van der Waals surface area contributed by atoms with Crippen LogP contribution in [-0.4, -0.2) is 20.1 Å². The lowest BCUT2D eigenvalue weighted by Gasteiger charge is -2.30. The Hall–Kier alpha value is -0.543. The molecule has 1 unspecified atom stereocenters. The Bertz CT molecular complexity index is 222. The normalized spacial score (nSPS) is 17.3. The molecular formula is C8H14F3NOSi. The van der Waals surface area contributed by atoms with Crippen molar-refractivity contribution in [3.8, 4) is 6.07 Å². The molecule has 0 amide bonds. The van der Waals surface area contributed by atoms with Gasteiger partial charge in [-0.3, -0.25) is 0 Å². The van der Waals surface area contributed by atoms with Gasteiger partial charge in [0.2, 0.25) is 0 Å². The third-order valence-corrected chi connectivity index (χ3v) is 2.37. The first-order valence-corrected chi connectivity index (χ1v) is 7.56. The lowest BCUT2D eigenvalue weighted by Crippen LogP contribution is -2.42. The third kappa shape index (κ3) is 5.99. The summed E-state index contributed by atoms with van der Waals surface area (Å²) >= 11 is 0. The van der Waals surface area contributed by atoms with Gasteiger partial charge in [-0.2, -0.15) is 18.4 Å². The van der Waals surface area contributed by atoms with E-state index in [4.69, 9.17) is 9.69 Å². The fraction of sp³-hybridized carbons (Fsp3) is 0.875.